The van der Waals surface area contributed by atoms with Crippen LogP contribution in [0, 0.1) is 11.8 Å². The summed E-state index contributed by atoms with van der Waals surface area (Å²) in [6, 6.07) is 3.03. The second-order valence-electron chi connectivity index (χ2n) is 10.6. The summed E-state index contributed by atoms with van der Waals surface area (Å²) in [5, 5.41) is 34.3. The molecule has 0 spiro atoms. The number of hydrogen-bond acceptors (Lipinski definition) is 8. The van der Waals surface area contributed by atoms with Crippen molar-refractivity contribution in [2.45, 2.75) is 77.7 Å². The average molecular weight is 607 g/mol. The Morgan fingerprint density at radius 3 is 1.65 bits per heavy atom. The number of benzene rings is 1. The van der Waals surface area contributed by atoms with E-state index in [1.54, 1.807) is 52.0 Å². The first-order chi connectivity index (χ1) is 20.3. The zero-order valence-corrected chi connectivity index (χ0v) is 25.6. The fourth-order valence-electron chi connectivity index (χ4n) is 4.13. The molecule has 6 amide bonds. The number of amides is 6. The highest BCUT2D eigenvalue weighted by atomic mass is 16.3. The van der Waals surface area contributed by atoms with Crippen molar-refractivity contribution < 1.29 is 39.0 Å². The predicted octanol–water partition coefficient (Wildman–Crippen LogP) is -1.89. The summed E-state index contributed by atoms with van der Waals surface area (Å²) in [5.41, 5.74) is 0.786. The van der Waals surface area contributed by atoms with Crippen molar-refractivity contribution in [3.05, 3.63) is 35.9 Å². The molecule has 0 heterocycles. The lowest BCUT2D eigenvalue weighted by Crippen LogP contribution is -2.61. The van der Waals surface area contributed by atoms with Crippen molar-refractivity contribution in [2.24, 2.45) is 11.8 Å². The first-order valence-electron chi connectivity index (χ1n) is 14.2. The molecular weight excluding hydrogens is 560 g/mol. The van der Waals surface area contributed by atoms with Gasteiger partial charge in [0.15, 0.2) is 0 Å². The minimum Gasteiger partial charge on any atom is -0.394 e. The van der Waals surface area contributed by atoms with Crippen molar-refractivity contribution >= 4 is 35.4 Å². The van der Waals surface area contributed by atoms with E-state index in [2.05, 4.69) is 31.9 Å². The second kappa shape index (κ2) is 18.5. The predicted molar refractivity (Wildman–Crippen MR) is 158 cm³/mol. The molecule has 0 aromatic heterocycles. The number of rotatable bonds is 17. The third-order valence-electron chi connectivity index (χ3n) is 6.89. The molecule has 14 nitrogen and oxygen atoms in total. The molecule has 1 aromatic rings. The molecule has 1 rings (SSSR count). The second-order valence-corrected chi connectivity index (χ2v) is 10.6. The molecule has 0 aliphatic heterocycles. The van der Waals surface area contributed by atoms with Gasteiger partial charge in [-0.1, -0.05) is 64.4 Å². The van der Waals surface area contributed by atoms with E-state index in [1.807, 2.05) is 6.07 Å². The first-order valence-corrected chi connectivity index (χ1v) is 14.2. The van der Waals surface area contributed by atoms with E-state index in [1.165, 1.54) is 14.0 Å². The van der Waals surface area contributed by atoms with Crippen LogP contribution in [0.4, 0.5) is 0 Å². The Balaban J connectivity index is 3.04. The van der Waals surface area contributed by atoms with Crippen LogP contribution in [-0.2, 0) is 35.2 Å². The minimum absolute atomic E-state index is 0.171. The molecule has 0 aliphatic carbocycles. The van der Waals surface area contributed by atoms with E-state index >= 15 is 0 Å². The monoisotopic (exact) mass is 606 g/mol. The molecule has 14 heteroatoms. The largest absolute Gasteiger partial charge is 0.394 e. The van der Waals surface area contributed by atoms with Crippen LogP contribution >= 0.6 is 0 Å². The summed E-state index contributed by atoms with van der Waals surface area (Å²) in [5.74, 6) is -4.90. The first kappa shape index (κ1) is 37.0. The Kier molecular flexibility index (Phi) is 15.9. The smallest absolute Gasteiger partial charge is 0.245 e. The van der Waals surface area contributed by atoms with Gasteiger partial charge in [0, 0.05) is 20.4 Å². The highest BCUT2D eigenvalue weighted by Gasteiger charge is 2.34. The number of carbonyl (C=O) groups excluding carboxylic acids is 6. The molecule has 0 bridgehead atoms. The lowest BCUT2D eigenvalue weighted by Gasteiger charge is -2.30. The Morgan fingerprint density at radius 1 is 0.674 bits per heavy atom. The van der Waals surface area contributed by atoms with Crippen LogP contribution in [0.3, 0.4) is 0 Å². The van der Waals surface area contributed by atoms with Crippen LogP contribution in [0.25, 0.3) is 0 Å². The maximum atomic E-state index is 13.3. The van der Waals surface area contributed by atoms with Crippen molar-refractivity contribution in [3.63, 3.8) is 0 Å². The van der Waals surface area contributed by atoms with Gasteiger partial charge in [0.05, 0.1) is 13.2 Å². The number of aliphatic hydroxyl groups is 2. The van der Waals surface area contributed by atoms with E-state index in [4.69, 9.17) is 0 Å². The van der Waals surface area contributed by atoms with Gasteiger partial charge >= 0.3 is 0 Å². The summed E-state index contributed by atoms with van der Waals surface area (Å²) in [6.07, 6.45) is 0.647. The summed E-state index contributed by atoms with van der Waals surface area (Å²) in [6.45, 7) is 6.56. The van der Waals surface area contributed by atoms with Crippen LogP contribution in [0.15, 0.2) is 30.3 Å². The lowest BCUT2D eigenvalue weighted by atomic mass is 9.96. The number of carbonyl (C=O) groups is 6. The Morgan fingerprint density at radius 2 is 1.16 bits per heavy atom. The molecule has 0 saturated heterocycles. The van der Waals surface area contributed by atoms with Gasteiger partial charge in [-0.05, 0) is 17.4 Å². The van der Waals surface area contributed by atoms with E-state index in [0.29, 0.717) is 6.42 Å². The van der Waals surface area contributed by atoms with Gasteiger partial charge in [-0.3, -0.25) is 28.8 Å². The maximum Gasteiger partial charge on any atom is 0.245 e. The summed E-state index contributed by atoms with van der Waals surface area (Å²) < 4.78 is 0. The fraction of sp³-hybridized carbons (Fsp3) is 0.586. The molecule has 0 unspecified atom stereocenters. The van der Waals surface area contributed by atoms with Gasteiger partial charge in [-0.25, -0.2) is 0 Å². The molecule has 6 atom stereocenters. The highest BCUT2D eigenvalue weighted by Crippen LogP contribution is 2.11. The molecule has 1 aromatic carbocycles. The number of nitrogens with one attached hydrogen (secondary N) is 6. The van der Waals surface area contributed by atoms with Gasteiger partial charge in [0.1, 0.15) is 30.2 Å². The van der Waals surface area contributed by atoms with Crippen molar-refractivity contribution in [1.29, 1.82) is 0 Å². The molecule has 0 fully saturated rings. The summed E-state index contributed by atoms with van der Waals surface area (Å²) in [7, 11) is 1.42. The van der Waals surface area contributed by atoms with Gasteiger partial charge in [0.25, 0.3) is 0 Å². The Labute approximate surface area is 252 Å². The van der Waals surface area contributed by atoms with Crippen LogP contribution < -0.4 is 31.9 Å². The minimum atomic E-state index is -1.43. The SMILES string of the molecule is CC[C@H](C)[C@H](NC(=O)[C@H](CO)NC(C)=O)C(=O)N[C@H](C(=O)N[C@@H](CO)C(=O)N[C@@H](Cc1ccccc1)C(=O)NC)C(C)C. The zero-order valence-electron chi connectivity index (χ0n) is 25.6. The number of hydrogen-bond donors (Lipinski definition) is 8. The van der Waals surface area contributed by atoms with E-state index < -0.39 is 90.7 Å². The van der Waals surface area contributed by atoms with Crippen LogP contribution in [-0.4, -0.2) is 96.1 Å². The summed E-state index contributed by atoms with van der Waals surface area (Å²) in [4.78, 5) is 76.1. The molecule has 0 saturated carbocycles. The third kappa shape index (κ3) is 12.0. The molecule has 0 aliphatic rings. The zero-order chi connectivity index (χ0) is 32.7. The van der Waals surface area contributed by atoms with Crippen LogP contribution in [0.1, 0.15) is 46.6 Å². The molecule has 0 radical (unpaired) electrons. The Bertz CT molecular complexity index is 1100. The normalized spacial score (nSPS) is 15.1. The average Bonchev–Trinajstić information content (AvgIpc) is 2.98. The van der Waals surface area contributed by atoms with Gasteiger partial charge in [-0.2, -0.15) is 0 Å². The lowest BCUT2D eigenvalue weighted by molar-refractivity contribution is -0.137. The maximum absolute atomic E-state index is 13.3. The van der Waals surface area contributed by atoms with Crippen molar-refractivity contribution in [3.8, 4) is 0 Å². The number of likely N-dealkylation sites (N-methyl/N-ethyl adjacent to an activating group) is 1. The third-order valence-corrected chi connectivity index (χ3v) is 6.89. The molecule has 8 N–H and O–H groups in total. The van der Waals surface area contributed by atoms with E-state index in [9.17, 15) is 39.0 Å². The standard InChI is InChI=1S/C29H46N6O8/c1-7-17(4)24(35-27(41)21(14-36)31-18(5)38)29(43)34-23(16(2)3)28(42)33-22(15-37)26(40)32-20(25(39)30-6)13-19-11-9-8-10-12-19/h8-12,16-17,20-24,36-37H,7,13-15H2,1-6H3,(H,30,39)(H,31,38)(H,32,40)(H,33,42)(H,34,43)(H,35,41)/t17-,20-,21-,22-,23-,24-/m0/s1. The molecule has 43 heavy (non-hydrogen) atoms. The number of aliphatic hydroxyl groups excluding tert-OH is 2. The summed E-state index contributed by atoms with van der Waals surface area (Å²) >= 11 is 0. The fourth-order valence-corrected chi connectivity index (χ4v) is 4.13. The van der Waals surface area contributed by atoms with Gasteiger partial charge in [-0.15, -0.1) is 0 Å². The van der Waals surface area contributed by atoms with Crippen molar-refractivity contribution in [1.82, 2.24) is 31.9 Å². The van der Waals surface area contributed by atoms with Crippen LogP contribution in [0.5, 0.6) is 0 Å². The van der Waals surface area contributed by atoms with E-state index in [0.717, 1.165) is 5.56 Å². The molecular formula is C29H46N6O8. The topological polar surface area (TPSA) is 215 Å². The van der Waals surface area contributed by atoms with Crippen molar-refractivity contribution in [2.75, 3.05) is 20.3 Å². The highest BCUT2D eigenvalue weighted by molar-refractivity contribution is 5.96. The van der Waals surface area contributed by atoms with E-state index in [-0.39, 0.29) is 6.42 Å². The Hall–Kier alpha value is -4.04. The van der Waals surface area contributed by atoms with Crippen LogP contribution in [0.2, 0.25) is 0 Å². The molecule has 240 valence electrons. The van der Waals surface area contributed by atoms with Gasteiger partial charge < -0.3 is 42.1 Å². The quantitative estimate of drug-likeness (QED) is 0.100. The van der Waals surface area contributed by atoms with Gasteiger partial charge in [0.2, 0.25) is 35.4 Å².